The molecule has 0 aliphatic carbocycles. The summed E-state index contributed by atoms with van der Waals surface area (Å²) < 4.78 is 34.0. The minimum atomic E-state index is -0.665. The number of hydrogen-bond donors (Lipinski definition) is 1. The SMILES string of the molecule is O=C(Cn1c(-c2ccccc2)c(Cl)nc(NCc2cc(F)ccc2F)c1=O)OCc1ccccc1. The van der Waals surface area contributed by atoms with Crippen molar-refractivity contribution in [3.05, 3.63) is 117 Å². The van der Waals surface area contributed by atoms with Crippen molar-refractivity contribution >= 4 is 23.4 Å². The number of benzene rings is 3. The summed E-state index contributed by atoms with van der Waals surface area (Å²) in [4.78, 5) is 30.1. The molecule has 0 aliphatic heterocycles. The van der Waals surface area contributed by atoms with Gasteiger partial charge in [-0.2, -0.15) is 0 Å². The lowest BCUT2D eigenvalue weighted by Crippen LogP contribution is -2.30. The highest BCUT2D eigenvalue weighted by atomic mass is 35.5. The first kappa shape index (κ1) is 24.1. The molecular formula is C26H20ClF2N3O3. The van der Waals surface area contributed by atoms with Gasteiger partial charge in [0.2, 0.25) is 0 Å². The fourth-order valence-corrected chi connectivity index (χ4v) is 3.74. The van der Waals surface area contributed by atoms with E-state index in [0.29, 0.717) is 5.56 Å². The first-order chi connectivity index (χ1) is 16.9. The molecule has 4 rings (SSSR count). The second kappa shape index (κ2) is 10.9. The highest BCUT2D eigenvalue weighted by Gasteiger charge is 2.20. The van der Waals surface area contributed by atoms with Crippen LogP contribution < -0.4 is 10.9 Å². The Labute approximate surface area is 204 Å². The van der Waals surface area contributed by atoms with Crippen LogP contribution in [0, 0.1) is 11.6 Å². The molecule has 1 heterocycles. The molecule has 9 heteroatoms. The standard InChI is InChI=1S/C26H20ClF2N3O3/c27-24-23(18-9-5-2-6-10-18)32(15-22(33)35-16-17-7-3-1-4-8-17)26(34)25(31-24)30-14-19-13-20(28)11-12-21(19)29/h1-13H,14-16H2,(H,30,31). The van der Waals surface area contributed by atoms with E-state index < -0.39 is 29.7 Å². The Bertz CT molecular complexity index is 1400. The van der Waals surface area contributed by atoms with Gasteiger partial charge < -0.3 is 10.1 Å². The summed E-state index contributed by atoms with van der Waals surface area (Å²) in [6.07, 6.45) is 0. The fraction of sp³-hybridized carbons (Fsp3) is 0.115. The molecule has 1 N–H and O–H groups in total. The van der Waals surface area contributed by atoms with Gasteiger partial charge in [0.25, 0.3) is 5.56 Å². The van der Waals surface area contributed by atoms with Crippen molar-refractivity contribution in [2.24, 2.45) is 0 Å². The quantitative estimate of drug-likeness (QED) is 0.340. The fourth-order valence-electron chi connectivity index (χ4n) is 3.45. The number of halogens is 3. The number of hydrogen-bond acceptors (Lipinski definition) is 5. The molecule has 178 valence electrons. The average molecular weight is 496 g/mol. The van der Waals surface area contributed by atoms with Gasteiger partial charge in [-0.05, 0) is 23.8 Å². The summed E-state index contributed by atoms with van der Waals surface area (Å²) in [6.45, 7) is -0.607. The molecule has 0 unspecified atom stereocenters. The third-order valence-corrected chi connectivity index (χ3v) is 5.42. The van der Waals surface area contributed by atoms with E-state index in [4.69, 9.17) is 16.3 Å². The molecular weight excluding hydrogens is 476 g/mol. The number of esters is 1. The average Bonchev–Trinajstić information content (AvgIpc) is 2.87. The summed E-state index contributed by atoms with van der Waals surface area (Å²) in [5.74, 6) is -2.13. The van der Waals surface area contributed by atoms with Gasteiger partial charge in [-0.3, -0.25) is 14.2 Å². The van der Waals surface area contributed by atoms with Crippen molar-refractivity contribution in [3.8, 4) is 11.3 Å². The molecule has 0 fully saturated rings. The summed E-state index contributed by atoms with van der Waals surface area (Å²) in [5.41, 5.74) is 0.936. The molecule has 0 bridgehead atoms. The molecule has 0 atom stereocenters. The van der Waals surface area contributed by atoms with Crippen molar-refractivity contribution in [1.29, 1.82) is 0 Å². The predicted molar refractivity (Wildman–Crippen MR) is 129 cm³/mol. The molecule has 35 heavy (non-hydrogen) atoms. The van der Waals surface area contributed by atoms with Crippen LogP contribution in [0.15, 0.2) is 83.7 Å². The Morgan fingerprint density at radius 1 is 1.00 bits per heavy atom. The second-order valence-electron chi connectivity index (χ2n) is 7.59. The molecule has 6 nitrogen and oxygen atoms in total. The van der Waals surface area contributed by atoms with Gasteiger partial charge in [0.05, 0.1) is 5.69 Å². The van der Waals surface area contributed by atoms with Gasteiger partial charge in [-0.1, -0.05) is 72.3 Å². The summed E-state index contributed by atoms with van der Waals surface area (Å²) in [7, 11) is 0. The third-order valence-electron chi connectivity index (χ3n) is 5.15. The van der Waals surface area contributed by atoms with Crippen LogP contribution in [0.5, 0.6) is 0 Å². The highest BCUT2D eigenvalue weighted by Crippen LogP contribution is 2.26. The van der Waals surface area contributed by atoms with Gasteiger partial charge in [0, 0.05) is 17.7 Å². The number of ether oxygens (including phenoxy) is 1. The minimum Gasteiger partial charge on any atom is -0.459 e. The van der Waals surface area contributed by atoms with Crippen LogP contribution in [-0.4, -0.2) is 15.5 Å². The van der Waals surface area contributed by atoms with E-state index >= 15 is 0 Å². The Morgan fingerprint density at radius 3 is 2.40 bits per heavy atom. The summed E-state index contributed by atoms with van der Waals surface area (Å²) in [5, 5.41) is 2.65. The van der Waals surface area contributed by atoms with Gasteiger partial charge in [-0.25, -0.2) is 13.8 Å². The Balaban J connectivity index is 1.65. The molecule has 3 aromatic carbocycles. The zero-order chi connectivity index (χ0) is 24.8. The number of nitrogens with one attached hydrogen (secondary N) is 1. The van der Waals surface area contributed by atoms with Crippen LogP contribution in [0.4, 0.5) is 14.6 Å². The summed E-state index contributed by atoms with van der Waals surface area (Å²) >= 11 is 6.44. The smallest absolute Gasteiger partial charge is 0.326 e. The van der Waals surface area contributed by atoms with Crippen LogP contribution in [0.25, 0.3) is 11.3 Å². The molecule has 4 aromatic rings. The number of rotatable bonds is 8. The maximum absolute atomic E-state index is 14.0. The number of carbonyl (C=O) groups excluding carboxylic acids is 1. The second-order valence-corrected chi connectivity index (χ2v) is 7.95. The molecule has 0 spiro atoms. The van der Waals surface area contributed by atoms with Crippen molar-refractivity contribution in [2.75, 3.05) is 5.32 Å². The predicted octanol–water partition coefficient (Wildman–Crippen LogP) is 5.20. The maximum Gasteiger partial charge on any atom is 0.326 e. The van der Waals surface area contributed by atoms with Gasteiger partial charge in [-0.15, -0.1) is 0 Å². The monoisotopic (exact) mass is 495 g/mol. The van der Waals surface area contributed by atoms with Gasteiger partial charge >= 0.3 is 5.97 Å². The zero-order valence-electron chi connectivity index (χ0n) is 18.4. The lowest BCUT2D eigenvalue weighted by atomic mass is 10.1. The maximum atomic E-state index is 14.0. The molecule has 0 amide bonds. The van der Waals surface area contributed by atoms with E-state index in [1.807, 2.05) is 30.3 Å². The van der Waals surface area contributed by atoms with E-state index in [1.54, 1.807) is 30.3 Å². The topological polar surface area (TPSA) is 73.2 Å². The van der Waals surface area contributed by atoms with Crippen molar-refractivity contribution in [3.63, 3.8) is 0 Å². The number of aromatic nitrogens is 2. The van der Waals surface area contributed by atoms with Crippen molar-refractivity contribution < 1.29 is 18.3 Å². The van der Waals surface area contributed by atoms with Crippen LogP contribution in [-0.2, 0) is 29.2 Å². The van der Waals surface area contributed by atoms with Crippen LogP contribution in [0.3, 0.4) is 0 Å². The lowest BCUT2D eigenvalue weighted by Gasteiger charge is -2.16. The summed E-state index contributed by atoms with van der Waals surface area (Å²) in [6, 6.07) is 20.9. The van der Waals surface area contributed by atoms with Crippen molar-refractivity contribution in [1.82, 2.24) is 9.55 Å². The third kappa shape index (κ3) is 5.91. The molecule has 0 aliphatic rings. The van der Waals surface area contributed by atoms with Gasteiger partial charge in [0.15, 0.2) is 11.0 Å². The molecule has 0 saturated carbocycles. The van der Waals surface area contributed by atoms with E-state index in [2.05, 4.69) is 10.3 Å². The van der Waals surface area contributed by atoms with E-state index in [9.17, 15) is 18.4 Å². The first-order valence-electron chi connectivity index (χ1n) is 10.7. The first-order valence-corrected chi connectivity index (χ1v) is 11.0. The minimum absolute atomic E-state index is 0.00304. The van der Waals surface area contributed by atoms with Crippen LogP contribution >= 0.6 is 11.6 Å². The molecule has 1 aromatic heterocycles. The van der Waals surface area contributed by atoms with Gasteiger partial charge in [0.1, 0.15) is 24.8 Å². The number of nitrogens with zero attached hydrogens (tertiary/aromatic N) is 2. The zero-order valence-corrected chi connectivity index (χ0v) is 19.1. The van der Waals surface area contributed by atoms with Crippen LogP contribution in [0.2, 0.25) is 5.15 Å². The van der Waals surface area contributed by atoms with E-state index in [-0.39, 0.29) is 35.4 Å². The normalized spacial score (nSPS) is 10.7. The molecule has 0 saturated heterocycles. The van der Waals surface area contributed by atoms with Crippen molar-refractivity contribution in [2.45, 2.75) is 19.7 Å². The number of carbonyl (C=O) groups is 1. The lowest BCUT2D eigenvalue weighted by molar-refractivity contribution is -0.145. The Hall–Kier alpha value is -4.04. The van der Waals surface area contributed by atoms with E-state index in [0.717, 1.165) is 28.3 Å². The van der Waals surface area contributed by atoms with Crippen LogP contribution in [0.1, 0.15) is 11.1 Å². The van der Waals surface area contributed by atoms with E-state index in [1.165, 1.54) is 0 Å². The Morgan fingerprint density at radius 2 is 1.69 bits per heavy atom. The molecule has 0 radical (unpaired) electrons. The Kier molecular flexibility index (Phi) is 7.52. The highest BCUT2D eigenvalue weighted by molar-refractivity contribution is 6.32. The largest absolute Gasteiger partial charge is 0.459 e. The number of anilines is 1.